The number of para-hydroxylation sites is 1. The summed E-state index contributed by atoms with van der Waals surface area (Å²) in [6.07, 6.45) is 9.18. The number of likely N-dealkylation sites (tertiary alicyclic amines) is 1. The molecule has 0 unspecified atom stereocenters. The van der Waals surface area contributed by atoms with Crippen molar-refractivity contribution in [3.8, 4) is 0 Å². The second-order valence-electron chi connectivity index (χ2n) is 8.05. The molecule has 2 aromatic carbocycles. The maximum Gasteiger partial charge on any atom is 0.256 e. The van der Waals surface area contributed by atoms with Gasteiger partial charge in [0.15, 0.2) is 0 Å². The first-order valence-corrected chi connectivity index (χ1v) is 10.4. The van der Waals surface area contributed by atoms with E-state index in [1.807, 2.05) is 18.2 Å². The van der Waals surface area contributed by atoms with Gasteiger partial charge in [0.05, 0.1) is 11.1 Å². The highest BCUT2D eigenvalue weighted by molar-refractivity contribution is 6.04. The van der Waals surface area contributed by atoms with Crippen molar-refractivity contribution in [2.24, 2.45) is 5.92 Å². The molecule has 0 radical (unpaired) electrons. The Morgan fingerprint density at radius 1 is 0.893 bits per heavy atom. The molecule has 0 N–H and O–H groups in total. The monoisotopic (exact) mass is 371 g/mol. The summed E-state index contributed by atoms with van der Waals surface area (Å²) in [4.78, 5) is 24.5. The molecule has 1 aliphatic heterocycles. The molecule has 0 bridgehead atoms. The van der Waals surface area contributed by atoms with E-state index >= 15 is 0 Å². The van der Waals surface area contributed by atoms with Crippen molar-refractivity contribution in [2.75, 3.05) is 6.54 Å². The Bertz CT molecular complexity index is 982. The van der Waals surface area contributed by atoms with Crippen LogP contribution in [0.25, 0.3) is 11.0 Å². The minimum absolute atomic E-state index is 0.120. The second kappa shape index (κ2) is 7.34. The van der Waals surface area contributed by atoms with Crippen LogP contribution in [-0.2, 0) is 0 Å². The van der Waals surface area contributed by atoms with Gasteiger partial charge in [-0.2, -0.15) is 0 Å². The Morgan fingerprint density at radius 3 is 2.61 bits per heavy atom. The number of piperidine rings is 1. The minimum atomic E-state index is 0.120. The highest BCUT2D eigenvalue weighted by Crippen LogP contribution is 2.44. The molecular weight excluding hydrogens is 346 g/mol. The zero-order valence-electron chi connectivity index (χ0n) is 16.0. The number of carbonyl (C=O) groups is 1. The van der Waals surface area contributed by atoms with Crippen LogP contribution in [0.15, 0.2) is 60.9 Å². The second-order valence-corrected chi connectivity index (χ2v) is 8.05. The summed E-state index contributed by atoms with van der Waals surface area (Å²) in [5, 5.41) is 0. The zero-order valence-corrected chi connectivity index (χ0v) is 16.0. The zero-order chi connectivity index (χ0) is 18.9. The molecule has 2 fully saturated rings. The summed E-state index contributed by atoms with van der Waals surface area (Å²) in [6, 6.07) is 16.9. The lowest BCUT2D eigenvalue weighted by molar-refractivity contribution is 0.0321. The number of hydrogen-bond acceptors (Lipinski definition) is 3. The Kier molecular flexibility index (Phi) is 4.55. The minimum Gasteiger partial charge on any atom is -0.335 e. The highest BCUT2D eigenvalue weighted by atomic mass is 16.2. The third-order valence-electron chi connectivity index (χ3n) is 6.60. The first-order valence-electron chi connectivity index (χ1n) is 10.4. The van der Waals surface area contributed by atoms with Crippen molar-refractivity contribution in [3.05, 3.63) is 72.1 Å². The maximum atomic E-state index is 13.6. The molecule has 2 heterocycles. The number of carbonyl (C=O) groups excluding carboxylic acids is 1. The summed E-state index contributed by atoms with van der Waals surface area (Å²) in [5.41, 5.74) is 3.62. The van der Waals surface area contributed by atoms with Crippen LogP contribution in [0.4, 0.5) is 0 Å². The number of hydrogen-bond donors (Lipinski definition) is 0. The highest BCUT2D eigenvalue weighted by Gasteiger charge is 2.42. The lowest BCUT2D eigenvalue weighted by Gasteiger charge is -2.48. The summed E-state index contributed by atoms with van der Waals surface area (Å²) in [7, 11) is 0. The first kappa shape index (κ1) is 17.4. The van der Waals surface area contributed by atoms with Crippen molar-refractivity contribution in [1.82, 2.24) is 14.9 Å². The number of amides is 1. The molecule has 3 aromatic rings. The van der Waals surface area contributed by atoms with E-state index in [9.17, 15) is 4.79 Å². The average Bonchev–Trinajstić information content (AvgIpc) is 2.78. The van der Waals surface area contributed by atoms with Gasteiger partial charge in [-0.3, -0.25) is 14.8 Å². The fourth-order valence-electron chi connectivity index (χ4n) is 5.34. The van der Waals surface area contributed by atoms with Gasteiger partial charge >= 0.3 is 0 Å². The fraction of sp³-hybridized carbons (Fsp3) is 0.375. The molecule has 3 atom stereocenters. The molecule has 1 saturated carbocycles. The molecule has 2 aliphatic rings. The SMILES string of the molecule is O=C(c1cccc2nccnc12)N1CC[C@@H](c2ccccc2)[C@@H]2CCCC[C@@H]21. The van der Waals surface area contributed by atoms with Crippen LogP contribution in [0.3, 0.4) is 0 Å². The number of nitrogens with zero attached hydrogens (tertiary/aromatic N) is 3. The van der Waals surface area contributed by atoms with Crippen molar-refractivity contribution in [1.29, 1.82) is 0 Å². The van der Waals surface area contributed by atoms with Gasteiger partial charge in [-0.1, -0.05) is 49.2 Å². The molecule has 1 aromatic heterocycles. The van der Waals surface area contributed by atoms with Crippen LogP contribution >= 0.6 is 0 Å². The smallest absolute Gasteiger partial charge is 0.256 e. The van der Waals surface area contributed by atoms with Crippen molar-refractivity contribution >= 4 is 16.9 Å². The Hall–Kier alpha value is -2.75. The molecule has 28 heavy (non-hydrogen) atoms. The van der Waals surface area contributed by atoms with Gasteiger partial charge in [-0.15, -0.1) is 0 Å². The van der Waals surface area contributed by atoms with E-state index in [0.29, 0.717) is 29.0 Å². The van der Waals surface area contributed by atoms with Gasteiger partial charge in [0.1, 0.15) is 5.52 Å². The van der Waals surface area contributed by atoms with E-state index in [-0.39, 0.29) is 5.91 Å². The number of rotatable bonds is 2. The van der Waals surface area contributed by atoms with Crippen LogP contribution in [-0.4, -0.2) is 33.4 Å². The molecule has 5 rings (SSSR count). The number of fused-ring (bicyclic) bond motifs is 2. The Morgan fingerprint density at radius 2 is 1.71 bits per heavy atom. The third kappa shape index (κ3) is 2.97. The van der Waals surface area contributed by atoms with Gasteiger partial charge in [0.2, 0.25) is 0 Å². The van der Waals surface area contributed by atoms with Crippen molar-refractivity contribution < 1.29 is 4.79 Å². The van der Waals surface area contributed by atoms with E-state index in [1.54, 1.807) is 12.4 Å². The van der Waals surface area contributed by atoms with Crippen LogP contribution < -0.4 is 0 Å². The first-order chi connectivity index (χ1) is 13.8. The predicted octanol–water partition coefficient (Wildman–Crippen LogP) is 4.82. The van der Waals surface area contributed by atoms with E-state index < -0.39 is 0 Å². The fourth-order valence-corrected chi connectivity index (χ4v) is 5.34. The number of aromatic nitrogens is 2. The molecule has 0 spiro atoms. The van der Waals surface area contributed by atoms with E-state index in [2.05, 4.69) is 45.2 Å². The summed E-state index contributed by atoms with van der Waals surface area (Å²) in [6.45, 7) is 0.816. The molecule has 1 aliphatic carbocycles. The quantitative estimate of drug-likeness (QED) is 0.649. The molecule has 4 nitrogen and oxygen atoms in total. The van der Waals surface area contributed by atoms with Crippen LogP contribution in [0.2, 0.25) is 0 Å². The third-order valence-corrected chi connectivity index (χ3v) is 6.60. The molecule has 1 amide bonds. The van der Waals surface area contributed by atoms with Crippen LogP contribution in [0.5, 0.6) is 0 Å². The van der Waals surface area contributed by atoms with E-state index in [4.69, 9.17) is 0 Å². The van der Waals surface area contributed by atoms with Gasteiger partial charge in [0, 0.05) is 25.0 Å². The normalized spacial score (nSPS) is 24.7. The van der Waals surface area contributed by atoms with E-state index in [1.165, 1.54) is 24.8 Å². The maximum absolute atomic E-state index is 13.6. The van der Waals surface area contributed by atoms with Gasteiger partial charge in [0.25, 0.3) is 5.91 Å². The topological polar surface area (TPSA) is 46.1 Å². The van der Waals surface area contributed by atoms with Crippen LogP contribution in [0, 0.1) is 5.92 Å². The molecule has 1 saturated heterocycles. The van der Waals surface area contributed by atoms with Crippen molar-refractivity contribution in [2.45, 2.75) is 44.1 Å². The Labute approximate surface area is 165 Å². The predicted molar refractivity (Wildman–Crippen MR) is 110 cm³/mol. The molecule has 142 valence electrons. The summed E-state index contributed by atoms with van der Waals surface area (Å²) in [5.74, 6) is 1.23. The van der Waals surface area contributed by atoms with Crippen molar-refractivity contribution in [3.63, 3.8) is 0 Å². The summed E-state index contributed by atoms with van der Waals surface area (Å²) >= 11 is 0. The standard InChI is InChI=1S/C24H25N3O/c28-24(20-10-6-11-21-23(20)26-15-14-25-21)27-16-13-18(17-7-2-1-3-8-17)19-9-4-5-12-22(19)27/h1-3,6-8,10-11,14-15,18-19,22H,4-5,9,12-13,16H2/t18-,19-,22-/m0/s1. The van der Waals surface area contributed by atoms with E-state index in [0.717, 1.165) is 24.9 Å². The molecule has 4 heteroatoms. The average molecular weight is 371 g/mol. The number of benzene rings is 2. The van der Waals surface area contributed by atoms with Gasteiger partial charge in [-0.05, 0) is 48.8 Å². The Balaban J connectivity index is 1.48. The molecular formula is C24H25N3O. The van der Waals surface area contributed by atoms with Crippen LogP contribution in [0.1, 0.15) is 53.9 Å². The van der Waals surface area contributed by atoms with Gasteiger partial charge in [-0.25, -0.2) is 0 Å². The van der Waals surface area contributed by atoms with Gasteiger partial charge < -0.3 is 4.90 Å². The lowest BCUT2D eigenvalue weighted by atomic mass is 9.69. The summed E-state index contributed by atoms with van der Waals surface area (Å²) < 4.78 is 0. The lowest BCUT2D eigenvalue weighted by Crippen LogP contribution is -2.52. The largest absolute Gasteiger partial charge is 0.335 e.